The number of rotatable bonds is 7. The Morgan fingerprint density at radius 2 is 2.03 bits per heavy atom. The molecule has 1 saturated heterocycles. The van der Waals surface area contributed by atoms with Crippen LogP contribution in [0.25, 0.3) is 0 Å². The second kappa shape index (κ2) is 9.41. The number of nitrogens with zero attached hydrogens (tertiary/aromatic N) is 3. The van der Waals surface area contributed by atoms with Crippen LogP contribution in [0.2, 0.25) is 0 Å². The number of piperidine rings is 1. The Morgan fingerprint density at radius 3 is 2.73 bits per heavy atom. The normalized spacial score (nSPS) is 19.0. The monoisotopic (exact) mass is 415 g/mol. The lowest BCUT2D eigenvalue weighted by Crippen LogP contribution is -2.52. The molecule has 30 heavy (non-hydrogen) atoms. The largest absolute Gasteiger partial charge is 0.466 e. The van der Waals surface area contributed by atoms with Crippen LogP contribution in [-0.4, -0.2) is 46.3 Å². The number of amides is 1. The zero-order valence-corrected chi connectivity index (χ0v) is 18.0. The fourth-order valence-electron chi connectivity index (χ4n) is 4.25. The van der Waals surface area contributed by atoms with E-state index in [1.54, 1.807) is 41.8 Å². The van der Waals surface area contributed by atoms with Crippen molar-refractivity contribution < 1.29 is 18.7 Å². The van der Waals surface area contributed by atoms with E-state index in [2.05, 4.69) is 12.0 Å². The van der Waals surface area contributed by atoms with Gasteiger partial charge in [-0.25, -0.2) is 4.39 Å². The number of aromatic nitrogens is 2. The minimum atomic E-state index is -0.961. The zero-order valence-electron chi connectivity index (χ0n) is 18.0. The summed E-state index contributed by atoms with van der Waals surface area (Å²) in [6.45, 7) is 4.81. The topological polar surface area (TPSA) is 64.4 Å². The Bertz CT molecular complexity index is 911. The van der Waals surface area contributed by atoms with E-state index in [0.717, 1.165) is 18.5 Å². The first kappa shape index (κ1) is 22.0. The van der Waals surface area contributed by atoms with Crippen molar-refractivity contribution in [1.82, 2.24) is 14.7 Å². The molecule has 2 aromatic rings. The SMILES string of the molecule is CCCc1cc(C(=O)N2CCC[C@@](Cc3ccccc3F)(C(=O)OCC)C2)n(C)n1. The van der Waals surface area contributed by atoms with Crippen molar-refractivity contribution in [2.75, 3.05) is 19.7 Å². The predicted octanol–water partition coefficient (Wildman–Crippen LogP) is 3.54. The summed E-state index contributed by atoms with van der Waals surface area (Å²) < 4.78 is 21.3. The fourth-order valence-corrected chi connectivity index (χ4v) is 4.25. The number of hydrogen-bond acceptors (Lipinski definition) is 4. The molecule has 1 fully saturated rings. The lowest BCUT2D eigenvalue weighted by Gasteiger charge is -2.41. The first-order valence-corrected chi connectivity index (χ1v) is 10.6. The van der Waals surface area contributed by atoms with Gasteiger partial charge in [-0.2, -0.15) is 5.10 Å². The third-order valence-electron chi connectivity index (χ3n) is 5.71. The van der Waals surface area contributed by atoms with Gasteiger partial charge in [0.25, 0.3) is 5.91 Å². The van der Waals surface area contributed by atoms with E-state index in [9.17, 15) is 14.0 Å². The average molecular weight is 416 g/mol. The third kappa shape index (κ3) is 4.55. The van der Waals surface area contributed by atoms with Crippen LogP contribution >= 0.6 is 0 Å². The van der Waals surface area contributed by atoms with Gasteiger partial charge in [0.15, 0.2) is 0 Å². The highest BCUT2D eigenvalue weighted by Crippen LogP contribution is 2.36. The number of carbonyl (C=O) groups is 2. The lowest BCUT2D eigenvalue weighted by atomic mass is 9.75. The van der Waals surface area contributed by atoms with Gasteiger partial charge in [0.2, 0.25) is 0 Å². The van der Waals surface area contributed by atoms with Crippen LogP contribution in [0.4, 0.5) is 4.39 Å². The van der Waals surface area contributed by atoms with Crippen molar-refractivity contribution >= 4 is 11.9 Å². The zero-order chi connectivity index (χ0) is 21.7. The van der Waals surface area contributed by atoms with Crippen LogP contribution in [-0.2, 0) is 29.4 Å². The van der Waals surface area contributed by atoms with Gasteiger partial charge in [0.1, 0.15) is 11.5 Å². The third-order valence-corrected chi connectivity index (χ3v) is 5.71. The molecule has 7 heteroatoms. The number of halogens is 1. The second-order valence-electron chi connectivity index (χ2n) is 7.99. The summed E-state index contributed by atoms with van der Waals surface area (Å²) in [4.78, 5) is 27.9. The van der Waals surface area contributed by atoms with Gasteiger partial charge in [-0.1, -0.05) is 31.5 Å². The summed E-state index contributed by atoms with van der Waals surface area (Å²) in [5.41, 5.74) is 0.884. The maximum absolute atomic E-state index is 14.4. The van der Waals surface area contributed by atoms with Crippen LogP contribution in [0.15, 0.2) is 30.3 Å². The Balaban J connectivity index is 1.89. The van der Waals surface area contributed by atoms with Gasteiger partial charge >= 0.3 is 5.97 Å². The summed E-state index contributed by atoms with van der Waals surface area (Å²) in [6, 6.07) is 8.29. The molecule has 1 aliphatic rings. The van der Waals surface area contributed by atoms with Crippen molar-refractivity contribution in [3.05, 3.63) is 53.1 Å². The van der Waals surface area contributed by atoms with Crippen LogP contribution in [0.1, 0.15) is 54.9 Å². The van der Waals surface area contributed by atoms with E-state index in [4.69, 9.17) is 4.74 Å². The maximum Gasteiger partial charge on any atom is 0.314 e. The second-order valence-corrected chi connectivity index (χ2v) is 7.99. The predicted molar refractivity (Wildman–Crippen MR) is 112 cm³/mol. The van der Waals surface area contributed by atoms with Crippen molar-refractivity contribution in [2.24, 2.45) is 12.5 Å². The Hall–Kier alpha value is -2.70. The number of ether oxygens (including phenoxy) is 1. The lowest BCUT2D eigenvalue weighted by molar-refractivity contribution is -0.158. The summed E-state index contributed by atoms with van der Waals surface area (Å²) >= 11 is 0. The Kier molecular flexibility index (Phi) is 6.90. The molecule has 1 aliphatic heterocycles. The number of benzene rings is 1. The number of carbonyl (C=O) groups excluding carboxylic acids is 2. The molecule has 0 unspecified atom stereocenters. The van der Waals surface area contributed by atoms with Gasteiger partial charge in [-0.05, 0) is 50.3 Å². The van der Waals surface area contributed by atoms with Gasteiger partial charge in [0.05, 0.1) is 17.7 Å². The van der Waals surface area contributed by atoms with Crippen LogP contribution < -0.4 is 0 Å². The van der Waals surface area contributed by atoms with Gasteiger partial charge in [0, 0.05) is 20.1 Å². The van der Waals surface area contributed by atoms with Crippen molar-refractivity contribution in [3.8, 4) is 0 Å². The molecule has 162 valence electrons. The highest BCUT2D eigenvalue weighted by Gasteiger charge is 2.45. The van der Waals surface area contributed by atoms with E-state index in [-0.39, 0.29) is 37.3 Å². The number of esters is 1. The number of likely N-dealkylation sites (tertiary alicyclic amines) is 1. The van der Waals surface area contributed by atoms with E-state index in [1.807, 2.05) is 6.07 Å². The summed E-state index contributed by atoms with van der Waals surface area (Å²) in [6.07, 6.45) is 3.16. The van der Waals surface area contributed by atoms with Gasteiger partial charge in [-0.15, -0.1) is 0 Å². The minimum Gasteiger partial charge on any atom is -0.466 e. The fraction of sp³-hybridized carbons (Fsp3) is 0.522. The van der Waals surface area contributed by atoms with E-state index in [1.165, 1.54) is 6.07 Å². The maximum atomic E-state index is 14.4. The number of hydrogen-bond donors (Lipinski definition) is 0. The van der Waals surface area contributed by atoms with Crippen LogP contribution in [0.5, 0.6) is 0 Å². The quantitative estimate of drug-likeness (QED) is 0.649. The molecule has 0 radical (unpaired) electrons. The molecule has 1 aromatic heterocycles. The highest BCUT2D eigenvalue weighted by molar-refractivity contribution is 5.93. The van der Waals surface area contributed by atoms with Crippen LogP contribution in [0.3, 0.4) is 0 Å². The highest BCUT2D eigenvalue weighted by atomic mass is 19.1. The number of aryl methyl sites for hydroxylation is 2. The van der Waals surface area contributed by atoms with Gasteiger partial charge in [-0.3, -0.25) is 14.3 Å². The molecule has 1 amide bonds. The molecule has 0 aliphatic carbocycles. The average Bonchev–Trinajstić information content (AvgIpc) is 3.10. The van der Waals surface area contributed by atoms with E-state index < -0.39 is 5.41 Å². The first-order chi connectivity index (χ1) is 14.4. The van der Waals surface area contributed by atoms with E-state index in [0.29, 0.717) is 30.6 Å². The molecule has 0 bridgehead atoms. The minimum absolute atomic E-state index is 0.158. The van der Waals surface area contributed by atoms with Crippen LogP contribution in [0, 0.1) is 11.2 Å². The molecule has 6 nitrogen and oxygen atoms in total. The molecule has 1 aromatic carbocycles. The van der Waals surface area contributed by atoms with E-state index >= 15 is 0 Å². The summed E-state index contributed by atoms with van der Waals surface area (Å²) in [5.74, 6) is -0.878. The molecular formula is C23H30FN3O3. The molecule has 2 heterocycles. The van der Waals surface area contributed by atoms with Crippen molar-refractivity contribution in [1.29, 1.82) is 0 Å². The van der Waals surface area contributed by atoms with Crippen molar-refractivity contribution in [3.63, 3.8) is 0 Å². The summed E-state index contributed by atoms with van der Waals surface area (Å²) in [5, 5.41) is 4.42. The molecular weight excluding hydrogens is 385 g/mol. The Morgan fingerprint density at radius 1 is 1.27 bits per heavy atom. The molecule has 0 spiro atoms. The summed E-state index contributed by atoms with van der Waals surface area (Å²) in [7, 11) is 1.76. The van der Waals surface area contributed by atoms with Gasteiger partial charge < -0.3 is 9.64 Å². The smallest absolute Gasteiger partial charge is 0.314 e. The molecule has 0 N–H and O–H groups in total. The molecule has 3 rings (SSSR count). The molecule has 1 atom stereocenters. The van der Waals surface area contributed by atoms with Crippen molar-refractivity contribution in [2.45, 2.75) is 46.0 Å². The standard InChI is InChI=1S/C23H30FN3O3/c1-4-9-18-14-20(26(3)25-18)21(28)27-13-8-12-23(16-27,22(29)30-5-2)15-17-10-6-7-11-19(17)24/h6-7,10-11,14H,4-5,8-9,12-13,15-16H2,1-3H3/t23-/m0/s1. The first-order valence-electron chi connectivity index (χ1n) is 10.6. The molecule has 0 saturated carbocycles. The Labute approximate surface area is 177 Å².